The molecule has 23 heavy (non-hydrogen) atoms. The molecule has 6 nitrogen and oxygen atoms in total. The molecule has 0 saturated heterocycles. The highest BCUT2D eigenvalue weighted by molar-refractivity contribution is 8.00. The average molecular weight is 331 g/mol. The van der Waals surface area contributed by atoms with E-state index in [1.54, 1.807) is 42.5 Å². The zero-order chi connectivity index (χ0) is 16.2. The molecule has 0 saturated carbocycles. The van der Waals surface area contributed by atoms with Gasteiger partial charge in [-0.3, -0.25) is 9.59 Å². The van der Waals surface area contributed by atoms with Crippen LogP contribution in [0.2, 0.25) is 0 Å². The second-order valence-corrected chi connectivity index (χ2v) is 5.78. The molecule has 7 heteroatoms. The zero-order valence-corrected chi connectivity index (χ0v) is 12.8. The van der Waals surface area contributed by atoms with Crippen molar-refractivity contribution in [3.05, 3.63) is 48.0 Å². The Balaban J connectivity index is 1.64. The molecule has 2 aromatic rings. The highest BCUT2D eigenvalue weighted by atomic mass is 32.2. The van der Waals surface area contributed by atoms with Crippen LogP contribution >= 0.6 is 11.8 Å². The minimum absolute atomic E-state index is 0.00288. The van der Waals surface area contributed by atoms with E-state index in [0.29, 0.717) is 22.7 Å². The van der Waals surface area contributed by atoms with Crippen LogP contribution in [0.1, 0.15) is 10.4 Å². The van der Waals surface area contributed by atoms with Crippen LogP contribution in [0.5, 0.6) is 11.5 Å². The van der Waals surface area contributed by atoms with Gasteiger partial charge in [0.2, 0.25) is 6.79 Å². The lowest BCUT2D eigenvalue weighted by atomic mass is 10.2. The summed E-state index contributed by atoms with van der Waals surface area (Å²) in [6, 6.07) is 12.0. The van der Waals surface area contributed by atoms with E-state index in [1.165, 1.54) is 11.8 Å². The van der Waals surface area contributed by atoms with Crippen LogP contribution in [0.25, 0.3) is 0 Å². The van der Waals surface area contributed by atoms with Crippen molar-refractivity contribution in [2.45, 2.75) is 4.90 Å². The number of fused-ring (bicyclic) bond motifs is 1. The lowest BCUT2D eigenvalue weighted by molar-refractivity contribution is -0.133. The molecular formula is C16H13NO5S. The predicted octanol–water partition coefficient (Wildman–Crippen LogP) is 2.84. The van der Waals surface area contributed by atoms with Gasteiger partial charge in [-0.15, -0.1) is 11.8 Å². The number of carbonyl (C=O) groups is 2. The number of aliphatic carboxylic acids is 1. The number of carbonyl (C=O) groups excluding carboxylic acids is 1. The monoisotopic (exact) mass is 331 g/mol. The summed E-state index contributed by atoms with van der Waals surface area (Å²) >= 11 is 1.22. The number of carboxylic acids is 1. The third-order valence-electron chi connectivity index (χ3n) is 3.11. The summed E-state index contributed by atoms with van der Waals surface area (Å²) in [7, 11) is 0. The number of hydrogen-bond donors (Lipinski definition) is 2. The molecule has 0 atom stereocenters. The Kier molecular flexibility index (Phi) is 4.38. The molecule has 0 spiro atoms. The number of amides is 1. The number of nitrogens with one attached hydrogen (secondary N) is 1. The minimum atomic E-state index is -0.866. The summed E-state index contributed by atoms with van der Waals surface area (Å²) < 4.78 is 10.5. The Labute approximate surface area is 136 Å². The van der Waals surface area contributed by atoms with Gasteiger partial charge in [0, 0.05) is 16.1 Å². The maximum absolute atomic E-state index is 12.2. The van der Waals surface area contributed by atoms with Crippen LogP contribution < -0.4 is 14.8 Å². The summed E-state index contributed by atoms with van der Waals surface area (Å²) in [6.45, 7) is 0.163. The fourth-order valence-corrected chi connectivity index (χ4v) is 2.64. The Bertz CT molecular complexity index is 745. The van der Waals surface area contributed by atoms with Gasteiger partial charge in [0.25, 0.3) is 5.91 Å². The molecule has 1 aliphatic heterocycles. The first-order chi connectivity index (χ1) is 11.1. The summed E-state index contributed by atoms with van der Waals surface area (Å²) in [5, 5.41) is 11.4. The first-order valence-electron chi connectivity index (χ1n) is 6.77. The summed E-state index contributed by atoms with van der Waals surface area (Å²) in [6.07, 6.45) is 0. The van der Waals surface area contributed by atoms with Crippen molar-refractivity contribution in [3.8, 4) is 11.5 Å². The fourth-order valence-electron chi connectivity index (χ4n) is 2.02. The van der Waals surface area contributed by atoms with Crippen molar-refractivity contribution in [1.82, 2.24) is 0 Å². The molecule has 0 radical (unpaired) electrons. The SMILES string of the molecule is O=C(O)CSc1ccc(NC(=O)c2ccc3c(c2)OCO3)cc1. The second kappa shape index (κ2) is 6.62. The smallest absolute Gasteiger partial charge is 0.313 e. The molecule has 0 aliphatic carbocycles. The summed E-state index contributed by atoms with van der Waals surface area (Å²) in [5.41, 5.74) is 1.10. The summed E-state index contributed by atoms with van der Waals surface area (Å²) in [5.74, 6) is 0.0620. The summed E-state index contributed by atoms with van der Waals surface area (Å²) in [4.78, 5) is 23.6. The van der Waals surface area contributed by atoms with Gasteiger partial charge < -0.3 is 19.9 Å². The van der Waals surface area contributed by atoms with Crippen molar-refractivity contribution < 1.29 is 24.2 Å². The van der Waals surface area contributed by atoms with Crippen molar-refractivity contribution >= 4 is 29.3 Å². The van der Waals surface area contributed by atoms with Crippen molar-refractivity contribution in [1.29, 1.82) is 0 Å². The van der Waals surface area contributed by atoms with Gasteiger partial charge in [0.05, 0.1) is 5.75 Å². The minimum Gasteiger partial charge on any atom is -0.481 e. The standard InChI is InChI=1S/C16H13NO5S/c18-15(19)8-23-12-4-2-11(3-5-12)17-16(20)10-1-6-13-14(7-10)22-9-21-13/h1-7H,8-9H2,(H,17,20)(H,18,19). The number of benzene rings is 2. The number of hydrogen-bond acceptors (Lipinski definition) is 5. The van der Waals surface area contributed by atoms with Crippen LogP contribution in [0.3, 0.4) is 0 Å². The number of anilines is 1. The Morgan fingerprint density at radius 2 is 1.83 bits per heavy atom. The lowest BCUT2D eigenvalue weighted by Gasteiger charge is -2.07. The van der Waals surface area contributed by atoms with E-state index >= 15 is 0 Å². The van der Waals surface area contributed by atoms with E-state index < -0.39 is 5.97 Å². The maximum Gasteiger partial charge on any atom is 0.313 e. The van der Waals surface area contributed by atoms with Gasteiger partial charge in [-0.25, -0.2) is 0 Å². The van der Waals surface area contributed by atoms with Crippen LogP contribution in [0, 0.1) is 0 Å². The van der Waals surface area contributed by atoms with Crippen molar-refractivity contribution in [2.75, 3.05) is 17.9 Å². The highest BCUT2D eigenvalue weighted by Crippen LogP contribution is 2.32. The van der Waals surface area contributed by atoms with Crippen molar-refractivity contribution in [2.24, 2.45) is 0 Å². The van der Waals surface area contributed by atoms with Gasteiger partial charge >= 0.3 is 5.97 Å². The maximum atomic E-state index is 12.2. The molecule has 2 N–H and O–H groups in total. The molecule has 0 bridgehead atoms. The van der Waals surface area contributed by atoms with E-state index in [2.05, 4.69) is 5.32 Å². The topological polar surface area (TPSA) is 84.9 Å². The number of rotatable bonds is 5. The highest BCUT2D eigenvalue weighted by Gasteiger charge is 2.16. The fraction of sp³-hybridized carbons (Fsp3) is 0.125. The molecule has 1 heterocycles. The third-order valence-corrected chi connectivity index (χ3v) is 4.11. The molecule has 0 fully saturated rings. The van der Waals surface area contributed by atoms with E-state index in [0.717, 1.165) is 4.90 Å². The normalized spacial score (nSPS) is 12.0. The average Bonchev–Trinajstić information content (AvgIpc) is 3.01. The molecule has 0 unspecified atom stereocenters. The Hall–Kier alpha value is -2.67. The molecule has 1 aliphatic rings. The quantitative estimate of drug-likeness (QED) is 0.820. The zero-order valence-electron chi connectivity index (χ0n) is 11.9. The Morgan fingerprint density at radius 3 is 2.57 bits per heavy atom. The molecule has 1 amide bonds. The van der Waals surface area contributed by atoms with E-state index in [4.69, 9.17) is 14.6 Å². The second-order valence-electron chi connectivity index (χ2n) is 4.73. The van der Waals surface area contributed by atoms with Gasteiger partial charge in [-0.2, -0.15) is 0 Å². The van der Waals surface area contributed by atoms with Gasteiger partial charge in [-0.1, -0.05) is 0 Å². The largest absolute Gasteiger partial charge is 0.481 e. The van der Waals surface area contributed by atoms with Crippen LogP contribution in [0.4, 0.5) is 5.69 Å². The van der Waals surface area contributed by atoms with Crippen molar-refractivity contribution in [3.63, 3.8) is 0 Å². The molecule has 118 valence electrons. The van der Waals surface area contributed by atoms with Crippen LogP contribution in [-0.2, 0) is 4.79 Å². The van der Waals surface area contributed by atoms with Crippen LogP contribution in [0.15, 0.2) is 47.4 Å². The van der Waals surface area contributed by atoms with Crippen LogP contribution in [-0.4, -0.2) is 29.5 Å². The first-order valence-corrected chi connectivity index (χ1v) is 7.76. The first kappa shape index (κ1) is 15.2. The molecule has 0 aromatic heterocycles. The van der Waals surface area contributed by atoms with Gasteiger partial charge in [-0.05, 0) is 42.5 Å². The number of carboxylic acid groups (broad SMARTS) is 1. The van der Waals surface area contributed by atoms with E-state index in [-0.39, 0.29) is 18.5 Å². The Morgan fingerprint density at radius 1 is 1.09 bits per heavy atom. The number of thioether (sulfide) groups is 1. The van der Waals surface area contributed by atoms with E-state index in [9.17, 15) is 9.59 Å². The predicted molar refractivity (Wildman–Crippen MR) is 85.3 cm³/mol. The third kappa shape index (κ3) is 3.75. The van der Waals surface area contributed by atoms with Gasteiger partial charge in [0.15, 0.2) is 11.5 Å². The molecular weight excluding hydrogens is 318 g/mol. The lowest BCUT2D eigenvalue weighted by Crippen LogP contribution is -2.11. The molecule has 3 rings (SSSR count). The van der Waals surface area contributed by atoms with E-state index in [1.807, 2.05) is 0 Å². The number of ether oxygens (including phenoxy) is 2. The van der Waals surface area contributed by atoms with Gasteiger partial charge in [0.1, 0.15) is 0 Å². The molecule has 2 aromatic carbocycles.